The molecule has 0 spiro atoms. The van der Waals surface area contributed by atoms with Crippen molar-refractivity contribution in [3.63, 3.8) is 0 Å². The average molecular weight is 405 g/mol. The molecule has 142 valence electrons. The summed E-state index contributed by atoms with van der Waals surface area (Å²) in [5, 5.41) is 8.63. The number of aromatic nitrogens is 3. The van der Waals surface area contributed by atoms with E-state index in [0.717, 1.165) is 16.3 Å². The van der Waals surface area contributed by atoms with Crippen molar-refractivity contribution in [1.29, 1.82) is 0 Å². The first-order chi connectivity index (χ1) is 12.9. The first kappa shape index (κ1) is 18.4. The van der Waals surface area contributed by atoms with Gasteiger partial charge in [0.2, 0.25) is 10.0 Å². The summed E-state index contributed by atoms with van der Waals surface area (Å²) in [6.07, 6.45) is 2.74. The van der Waals surface area contributed by atoms with Crippen molar-refractivity contribution in [3.05, 3.63) is 36.5 Å². The molecule has 0 aliphatic carbocycles. The van der Waals surface area contributed by atoms with E-state index in [1.165, 1.54) is 11.8 Å². The molecule has 0 radical (unpaired) electrons. The van der Waals surface area contributed by atoms with Crippen LogP contribution in [-0.2, 0) is 10.0 Å². The Morgan fingerprint density at radius 3 is 2.52 bits per heavy atom. The highest BCUT2D eigenvalue weighted by atomic mass is 32.2. The van der Waals surface area contributed by atoms with E-state index in [0.29, 0.717) is 30.4 Å². The molecule has 3 heterocycles. The van der Waals surface area contributed by atoms with Gasteiger partial charge in [0.15, 0.2) is 11.0 Å². The number of hydrogen-bond acceptors (Lipinski definition) is 7. The average Bonchev–Trinajstić information content (AvgIpc) is 3.12. The minimum absolute atomic E-state index is 0.144. The molecule has 0 bridgehead atoms. The molecule has 2 unspecified atom stereocenters. The third-order valence-electron chi connectivity index (χ3n) is 4.65. The highest BCUT2D eigenvalue weighted by Crippen LogP contribution is 2.35. The van der Waals surface area contributed by atoms with Crippen LogP contribution in [0, 0.1) is 11.8 Å². The minimum atomic E-state index is -3.67. The van der Waals surface area contributed by atoms with Crippen molar-refractivity contribution in [2.45, 2.75) is 35.1 Å². The molecular formula is C18H20N4O3S2. The molecule has 2 aromatic heterocycles. The second kappa shape index (κ2) is 7.21. The highest BCUT2D eigenvalue weighted by Gasteiger charge is 2.34. The second-order valence-corrected chi connectivity index (χ2v) is 10.0. The van der Waals surface area contributed by atoms with Crippen LogP contribution in [0.3, 0.4) is 0 Å². The van der Waals surface area contributed by atoms with Crippen molar-refractivity contribution in [2.24, 2.45) is 11.8 Å². The quantitative estimate of drug-likeness (QED) is 0.658. The number of nitrogens with zero attached hydrogens (tertiary/aromatic N) is 4. The van der Waals surface area contributed by atoms with Crippen LogP contribution in [0.2, 0.25) is 0 Å². The van der Waals surface area contributed by atoms with Gasteiger partial charge in [0.05, 0.1) is 0 Å². The first-order valence-corrected chi connectivity index (χ1v) is 11.0. The lowest BCUT2D eigenvalue weighted by molar-refractivity contribution is 0.222. The zero-order valence-corrected chi connectivity index (χ0v) is 16.7. The molecule has 1 aliphatic rings. The van der Waals surface area contributed by atoms with E-state index in [1.54, 1.807) is 22.6 Å². The Kier molecular flexibility index (Phi) is 4.92. The van der Waals surface area contributed by atoms with Crippen LogP contribution >= 0.6 is 11.8 Å². The molecule has 9 heteroatoms. The zero-order valence-electron chi connectivity index (χ0n) is 15.1. The van der Waals surface area contributed by atoms with E-state index in [-0.39, 0.29) is 10.4 Å². The van der Waals surface area contributed by atoms with Crippen molar-refractivity contribution >= 4 is 32.8 Å². The molecule has 0 N–H and O–H groups in total. The molecule has 2 atom stereocenters. The molecule has 27 heavy (non-hydrogen) atoms. The van der Waals surface area contributed by atoms with E-state index >= 15 is 0 Å². The van der Waals surface area contributed by atoms with Gasteiger partial charge in [0.1, 0.15) is 9.92 Å². The van der Waals surface area contributed by atoms with Gasteiger partial charge >= 0.3 is 0 Å². The molecule has 7 nitrogen and oxygen atoms in total. The lowest BCUT2D eigenvalue weighted by atomic mass is 9.94. The smallest absolute Gasteiger partial charge is 0.245 e. The van der Waals surface area contributed by atoms with Gasteiger partial charge in [0.25, 0.3) is 0 Å². The fraction of sp³-hybridized carbons (Fsp3) is 0.389. The largest absolute Gasteiger partial charge is 0.250 e. The van der Waals surface area contributed by atoms with Crippen molar-refractivity contribution in [2.75, 3.05) is 13.1 Å². The van der Waals surface area contributed by atoms with Gasteiger partial charge in [-0.1, -0.05) is 31.7 Å². The van der Waals surface area contributed by atoms with Crippen LogP contribution in [0.5, 0.6) is 0 Å². The SMILES string of the molecule is CC1CC(C)CN(S(=O)(=O)c2ccc(Sc3ccccn3)c3nonc23)C1. The van der Waals surface area contributed by atoms with Crippen LogP contribution in [0.1, 0.15) is 20.3 Å². The number of hydrogen-bond donors (Lipinski definition) is 0. The monoisotopic (exact) mass is 404 g/mol. The summed E-state index contributed by atoms with van der Waals surface area (Å²) in [7, 11) is -3.67. The maximum Gasteiger partial charge on any atom is 0.245 e. The van der Waals surface area contributed by atoms with Crippen LogP contribution in [0.25, 0.3) is 11.0 Å². The van der Waals surface area contributed by atoms with E-state index in [1.807, 2.05) is 18.2 Å². The molecule has 0 saturated carbocycles. The summed E-state index contributed by atoms with van der Waals surface area (Å²) in [6.45, 7) is 5.20. The Bertz CT molecular complexity index is 1040. The standard InChI is InChI=1S/C18H20N4O3S2/c1-12-9-13(2)11-22(10-12)27(23,24)15-7-6-14(17-18(15)21-25-20-17)26-16-5-3-4-8-19-16/h3-8,12-13H,9-11H2,1-2H3. The molecule has 0 amide bonds. The number of rotatable bonds is 4. The molecule has 1 fully saturated rings. The fourth-order valence-corrected chi connectivity index (χ4v) is 6.22. The topological polar surface area (TPSA) is 89.2 Å². The lowest BCUT2D eigenvalue weighted by Gasteiger charge is -2.34. The normalized spacial score (nSPS) is 21.6. The predicted molar refractivity (Wildman–Crippen MR) is 102 cm³/mol. The van der Waals surface area contributed by atoms with Gasteiger partial charge in [-0.05, 0) is 52.8 Å². The Morgan fingerprint density at radius 1 is 1.07 bits per heavy atom. The Hall–Kier alpha value is -1.97. The van der Waals surface area contributed by atoms with E-state index in [9.17, 15) is 8.42 Å². The van der Waals surface area contributed by atoms with E-state index in [2.05, 4.69) is 29.1 Å². The Morgan fingerprint density at radius 2 is 1.81 bits per heavy atom. The summed E-state index contributed by atoms with van der Waals surface area (Å²) >= 11 is 1.40. The maximum absolute atomic E-state index is 13.3. The molecule has 4 rings (SSSR count). The number of piperidine rings is 1. The molecule has 1 saturated heterocycles. The number of pyridine rings is 1. The third-order valence-corrected chi connectivity index (χ3v) is 7.51. The van der Waals surface area contributed by atoms with Crippen molar-refractivity contribution < 1.29 is 13.0 Å². The van der Waals surface area contributed by atoms with E-state index in [4.69, 9.17) is 4.63 Å². The Labute approximate surface area is 162 Å². The van der Waals surface area contributed by atoms with Crippen molar-refractivity contribution in [1.82, 2.24) is 19.6 Å². The predicted octanol–water partition coefficient (Wildman–Crippen LogP) is 3.44. The summed E-state index contributed by atoms with van der Waals surface area (Å²) < 4.78 is 33.0. The highest BCUT2D eigenvalue weighted by molar-refractivity contribution is 7.99. The Balaban J connectivity index is 1.73. The number of sulfonamides is 1. The van der Waals surface area contributed by atoms with Gasteiger partial charge in [-0.15, -0.1) is 0 Å². The summed E-state index contributed by atoms with van der Waals surface area (Å²) in [4.78, 5) is 5.18. The zero-order chi connectivity index (χ0) is 19.0. The molecule has 1 aliphatic heterocycles. The van der Waals surface area contributed by atoms with Crippen LogP contribution in [-0.4, -0.2) is 41.1 Å². The molecule has 3 aromatic rings. The van der Waals surface area contributed by atoms with Gasteiger partial charge in [0, 0.05) is 24.2 Å². The second-order valence-electron chi connectivity index (χ2n) is 7.06. The van der Waals surface area contributed by atoms with Gasteiger partial charge in [-0.2, -0.15) is 4.31 Å². The molecule has 1 aromatic carbocycles. The first-order valence-electron chi connectivity index (χ1n) is 8.79. The minimum Gasteiger partial charge on any atom is -0.250 e. The van der Waals surface area contributed by atoms with E-state index < -0.39 is 10.0 Å². The summed E-state index contributed by atoms with van der Waals surface area (Å²) in [5.41, 5.74) is 0.701. The van der Waals surface area contributed by atoms with Gasteiger partial charge < -0.3 is 0 Å². The summed E-state index contributed by atoms with van der Waals surface area (Å²) in [6, 6.07) is 8.95. The number of benzene rings is 1. The number of fused-ring (bicyclic) bond motifs is 1. The van der Waals surface area contributed by atoms with Gasteiger partial charge in [-0.3, -0.25) is 0 Å². The summed E-state index contributed by atoms with van der Waals surface area (Å²) in [5.74, 6) is 0.655. The lowest BCUT2D eigenvalue weighted by Crippen LogP contribution is -2.42. The fourth-order valence-electron chi connectivity index (χ4n) is 3.57. The van der Waals surface area contributed by atoms with Gasteiger partial charge in [-0.25, -0.2) is 18.0 Å². The van der Waals surface area contributed by atoms with Crippen molar-refractivity contribution in [3.8, 4) is 0 Å². The maximum atomic E-state index is 13.3. The van der Waals surface area contributed by atoms with Crippen LogP contribution < -0.4 is 0 Å². The van der Waals surface area contributed by atoms with Crippen LogP contribution in [0.4, 0.5) is 0 Å². The molecular weight excluding hydrogens is 384 g/mol. The van der Waals surface area contributed by atoms with Crippen LogP contribution in [0.15, 0.2) is 56.0 Å². The third kappa shape index (κ3) is 3.59.